The molecule has 33 heavy (non-hydrogen) atoms. The van der Waals surface area contributed by atoms with Crippen LogP contribution in [0.15, 0.2) is 48.5 Å². The summed E-state index contributed by atoms with van der Waals surface area (Å²) in [5, 5.41) is 12.3. The second-order valence-electron chi connectivity index (χ2n) is 9.03. The van der Waals surface area contributed by atoms with E-state index in [0.29, 0.717) is 19.3 Å². The molecule has 1 unspecified atom stereocenters. The lowest BCUT2D eigenvalue weighted by molar-refractivity contribution is -0.165. The summed E-state index contributed by atoms with van der Waals surface area (Å²) in [6.45, 7) is 2.27. The van der Waals surface area contributed by atoms with Crippen molar-refractivity contribution in [2.24, 2.45) is 5.92 Å². The van der Waals surface area contributed by atoms with Crippen LogP contribution in [0, 0.1) is 5.92 Å². The van der Waals surface area contributed by atoms with E-state index < -0.39 is 23.5 Å². The molecule has 0 radical (unpaired) electrons. The van der Waals surface area contributed by atoms with E-state index in [0.717, 1.165) is 17.5 Å². The number of carbonyl (C=O) groups is 3. The summed E-state index contributed by atoms with van der Waals surface area (Å²) in [6.07, 6.45) is 1.65. The van der Waals surface area contributed by atoms with Gasteiger partial charge in [0.1, 0.15) is 12.1 Å². The summed E-state index contributed by atoms with van der Waals surface area (Å²) >= 11 is 0. The highest BCUT2D eigenvalue weighted by atomic mass is 16.5. The van der Waals surface area contributed by atoms with Crippen LogP contribution in [0.4, 0.5) is 4.79 Å². The molecule has 174 valence electrons. The number of rotatable bonds is 8. The molecule has 1 saturated carbocycles. The van der Waals surface area contributed by atoms with Crippen LogP contribution < -0.4 is 5.32 Å². The molecule has 0 bridgehead atoms. The fourth-order valence-electron chi connectivity index (χ4n) is 4.91. The molecule has 0 spiro atoms. The number of likely N-dealkylation sites (N-methyl/N-ethyl adjacent to an activating group) is 1. The lowest BCUT2D eigenvalue weighted by Crippen LogP contribution is -2.60. The van der Waals surface area contributed by atoms with Gasteiger partial charge in [-0.2, -0.15) is 0 Å². The molecule has 0 saturated heterocycles. The number of fused-ring (bicyclic) bond motifs is 3. The number of hydrogen-bond acceptors (Lipinski definition) is 4. The molecule has 0 aliphatic heterocycles. The average molecular weight is 451 g/mol. The van der Waals surface area contributed by atoms with E-state index in [1.165, 1.54) is 16.0 Å². The third-order valence-electron chi connectivity index (χ3n) is 7.16. The fraction of sp³-hybridized carbons (Fsp3) is 0.423. The van der Waals surface area contributed by atoms with Gasteiger partial charge in [-0.25, -0.2) is 9.59 Å². The summed E-state index contributed by atoms with van der Waals surface area (Å²) in [5.74, 6) is -1.58. The zero-order valence-corrected chi connectivity index (χ0v) is 19.0. The van der Waals surface area contributed by atoms with Crippen molar-refractivity contribution in [2.75, 3.05) is 20.2 Å². The van der Waals surface area contributed by atoms with E-state index in [-0.39, 0.29) is 25.0 Å². The van der Waals surface area contributed by atoms with Gasteiger partial charge in [-0.05, 0) is 47.9 Å². The van der Waals surface area contributed by atoms with Crippen molar-refractivity contribution >= 4 is 18.0 Å². The Hall–Kier alpha value is -3.35. The maximum Gasteiger partial charge on any atom is 0.407 e. The number of ether oxygens (including phenoxy) is 1. The van der Waals surface area contributed by atoms with Crippen molar-refractivity contribution in [3.05, 3.63) is 59.7 Å². The van der Waals surface area contributed by atoms with E-state index in [4.69, 9.17) is 4.74 Å². The first-order valence-corrected chi connectivity index (χ1v) is 11.4. The van der Waals surface area contributed by atoms with Crippen LogP contribution in [0.5, 0.6) is 0 Å². The van der Waals surface area contributed by atoms with Crippen LogP contribution in [0.2, 0.25) is 0 Å². The number of carbonyl (C=O) groups excluding carboxylic acids is 2. The van der Waals surface area contributed by atoms with Crippen LogP contribution >= 0.6 is 0 Å². The minimum absolute atomic E-state index is 0.00742. The number of alkyl carbamates (subject to hydrolysis) is 1. The van der Waals surface area contributed by atoms with Gasteiger partial charge in [-0.3, -0.25) is 4.79 Å². The number of hydrogen-bond donors (Lipinski definition) is 2. The standard InChI is InChI=1S/C26H30N2O5/c1-17(23(29)28(2)26(24(30)31)13-7-14-26)12-15-27-25(32)33-16-22-20-10-5-3-8-18(20)19-9-4-6-11-21(19)22/h3-6,8-11,17,22H,7,12-16H2,1-2H3,(H,27,32)(H,30,31). The Kier molecular flexibility index (Phi) is 6.40. The van der Waals surface area contributed by atoms with Gasteiger partial charge in [0.2, 0.25) is 5.91 Å². The molecule has 1 atom stereocenters. The van der Waals surface area contributed by atoms with Gasteiger partial charge in [-0.15, -0.1) is 0 Å². The van der Waals surface area contributed by atoms with Crippen LogP contribution in [0.25, 0.3) is 11.1 Å². The molecule has 7 nitrogen and oxygen atoms in total. The molecule has 7 heteroatoms. The normalized spacial score (nSPS) is 16.7. The summed E-state index contributed by atoms with van der Waals surface area (Å²) in [6, 6.07) is 16.3. The molecule has 4 rings (SSSR count). The predicted octanol–water partition coefficient (Wildman–Crippen LogP) is 4.02. The van der Waals surface area contributed by atoms with E-state index in [1.54, 1.807) is 14.0 Å². The highest BCUT2D eigenvalue weighted by Gasteiger charge is 2.50. The quantitative estimate of drug-likeness (QED) is 0.633. The van der Waals surface area contributed by atoms with Gasteiger partial charge in [0.25, 0.3) is 0 Å². The third kappa shape index (κ3) is 4.19. The smallest absolute Gasteiger partial charge is 0.407 e. The minimum atomic E-state index is -1.08. The van der Waals surface area contributed by atoms with Gasteiger partial charge in [0.05, 0.1) is 0 Å². The van der Waals surface area contributed by atoms with Crippen LogP contribution in [-0.2, 0) is 14.3 Å². The van der Waals surface area contributed by atoms with Gasteiger partial charge in [0, 0.05) is 25.4 Å². The Balaban J connectivity index is 1.27. The number of nitrogens with zero attached hydrogens (tertiary/aromatic N) is 1. The number of nitrogens with one attached hydrogen (secondary N) is 1. The number of carboxylic acid groups (broad SMARTS) is 1. The Morgan fingerprint density at radius 1 is 1.09 bits per heavy atom. The predicted molar refractivity (Wildman–Crippen MR) is 124 cm³/mol. The molecule has 2 N–H and O–H groups in total. The summed E-state index contributed by atoms with van der Waals surface area (Å²) < 4.78 is 5.52. The first kappa shape index (κ1) is 22.8. The molecule has 2 aromatic carbocycles. The molecule has 0 aromatic heterocycles. The maximum atomic E-state index is 12.7. The van der Waals surface area contributed by atoms with Crippen molar-refractivity contribution in [1.29, 1.82) is 0 Å². The van der Waals surface area contributed by atoms with Gasteiger partial charge in [-0.1, -0.05) is 55.5 Å². The van der Waals surface area contributed by atoms with E-state index >= 15 is 0 Å². The molecule has 2 aliphatic carbocycles. The number of aliphatic carboxylic acids is 1. The first-order chi connectivity index (χ1) is 15.8. The second kappa shape index (κ2) is 9.25. The lowest BCUT2D eigenvalue weighted by atomic mass is 9.75. The lowest BCUT2D eigenvalue weighted by Gasteiger charge is -2.45. The summed E-state index contributed by atoms with van der Waals surface area (Å²) in [5.41, 5.74) is 3.56. The number of benzene rings is 2. The fourth-order valence-corrected chi connectivity index (χ4v) is 4.91. The molecule has 1 fully saturated rings. The van der Waals surface area contributed by atoms with Crippen LogP contribution in [-0.4, -0.2) is 53.7 Å². The topological polar surface area (TPSA) is 95.9 Å². The molecular weight excluding hydrogens is 420 g/mol. The molecule has 2 amide bonds. The van der Waals surface area contributed by atoms with Crippen LogP contribution in [0.1, 0.15) is 49.7 Å². The Morgan fingerprint density at radius 3 is 2.18 bits per heavy atom. The highest BCUT2D eigenvalue weighted by molar-refractivity contribution is 5.88. The molecular formula is C26H30N2O5. The Morgan fingerprint density at radius 2 is 1.67 bits per heavy atom. The Labute approximate surface area is 193 Å². The SMILES string of the molecule is CC(CCNC(=O)OCC1c2ccccc2-c2ccccc21)C(=O)N(C)C1(C(=O)O)CCC1. The zero-order chi connectivity index (χ0) is 23.6. The van der Waals surface area contributed by atoms with Gasteiger partial charge in [0.15, 0.2) is 0 Å². The highest BCUT2D eigenvalue weighted by Crippen LogP contribution is 2.44. The van der Waals surface area contributed by atoms with Crippen molar-refractivity contribution in [3.8, 4) is 11.1 Å². The van der Waals surface area contributed by atoms with Gasteiger partial charge >= 0.3 is 12.1 Å². The summed E-state index contributed by atoms with van der Waals surface area (Å²) in [4.78, 5) is 38.0. The van der Waals surface area contributed by atoms with Crippen molar-refractivity contribution < 1.29 is 24.2 Å². The van der Waals surface area contributed by atoms with Gasteiger partial charge < -0.3 is 20.1 Å². The van der Waals surface area contributed by atoms with Crippen molar-refractivity contribution in [1.82, 2.24) is 10.2 Å². The third-order valence-corrected chi connectivity index (χ3v) is 7.16. The average Bonchev–Trinajstić information content (AvgIpc) is 3.09. The summed E-state index contributed by atoms with van der Waals surface area (Å²) in [7, 11) is 1.56. The molecule has 2 aliphatic rings. The van der Waals surface area contributed by atoms with Crippen molar-refractivity contribution in [3.63, 3.8) is 0 Å². The molecule has 2 aromatic rings. The monoisotopic (exact) mass is 450 g/mol. The first-order valence-electron chi connectivity index (χ1n) is 11.4. The van der Waals surface area contributed by atoms with Crippen molar-refractivity contribution in [2.45, 2.75) is 44.1 Å². The van der Waals surface area contributed by atoms with E-state index in [2.05, 4.69) is 29.6 Å². The van der Waals surface area contributed by atoms with E-state index in [1.807, 2.05) is 24.3 Å². The Bertz CT molecular complexity index is 1020. The van der Waals surface area contributed by atoms with E-state index in [9.17, 15) is 19.5 Å². The maximum absolute atomic E-state index is 12.7. The zero-order valence-electron chi connectivity index (χ0n) is 19.0. The van der Waals surface area contributed by atoms with Crippen LogP contribution in [0.3, 0.4) is 0 Å². The minimum Gasteiger partial charge on any atom is -0.479 e. The second-order valence-corrected chi connectivity index (χ2v) is 9.03. The molecule has 0 heterocycles. The largest absolute Gasteiger partial charge is 0.479 e. The number of carboxylic acids is 1. The number of amides is 2.